The topological polar surface area (TPSA) is 32.3 Å². The summed E-state index contributed by atoms with van der Waals surface area (Å²) in [5.74, 6) is -1.35. The van der Waals surface area contributed by atoms with Gasteiger partial charge in [0.2, 0.25) is 0 Å². The highest BCUT2D eigenvalue weighted by Crippen LogP contribution is 2.42. The van der Waals surface area contributed by atoms with Gasteiger partial charge in [0.25, 0.3) is 5.91 Å². The Bertz CT molecular complexity index is 706. The first-order valence-corrected chi connectivity index (χ1v) is 9.12. The summed E-state index contributed by atoms with van der Waals surface area (Å²) >= 11 is 0. The first-order valence-electron chi connectivity index (χ1n) is 9.12. The molecule has 0 aromatic heterocycles. The summed E-state index contributed by atoms with van der Waals surface area (Å²) in [7, 11) is 1.40. The van der Waals surface area contributed by atoms with Gasteiger partial charge in [-0.3, -0.25) is 4.79 Å². The van der Waals surface area contributed by atoms with Gasteiger partial charge in [0.1, 0.15) is 0 Å². The monoisotopic (exact) mass is 410 g/mol. The fraction of sp³-hybridized carbons (Fsp3) is 0.632. The van der Waals surface area contributed by atoms with Crippen LogP contribution in [0.3, 0.4) is 0 Å². The summed E-state index contributed by atoms with van der Waals surface area (Å²) in [5, 5.41) is 3.10. The van der Waals surface area contributed by atoms with Crippen molar-refractivity contribution in [2.24, 2.45) is 5.92 Å². The molecule has 0 bridgehead atoms. The summed E-state index contributed by atoms with van der Waals surface area (Å²) < 4.78 is 81.7. The maximum Gasteiger partial charge on any atom is 0.417 e. The first-order chi connectivity index (χ1) is 12.8. The van der Waals surface area contributed by atoms with E-state index in [2.05, 4.69) is 5.32 Å². The molecule has 1 fully saturated rings. The SMILES string of the molecule is CC(C)Cc1c(C(F)(F)F)ccc(C(=O)N(C)C2CCNCC2)c1C(F)(F)F. The molecule has 9 heteroatoms. The molecule has 3 nitrogen and oxygen atoms in total. The third-order valence-electron chi connectivity index (χ3n) is 4.92. The number of nitrogens with zero attached hydrogens (tertiary/aromatic N) is 1. The second kappa shape index (κ2) is 8.31. The summed E-state index contributed by atoms with van der Waals surface area (Å²) in [4.78, 5) is 14.1. The molecule has 1 aliphatic rings. The lowest BCUT2D eigenvalue weighted by Gasteiger charge is -2.33. The molecule has 0 aliphatic carbocycles. The van der Waals surface area contributed by atoms with E-state index < -0.39 is 52.9 Å². The van der Waals surface area contributed by atoms with Gasteiger partial charge in [-0.25, -0.2) is 0 Å². The predicted octanol–water partition coefficient (Wildman–Crippen LogP) is 4.75. The van der Waals surface area contributed by atoms with Crippen LogP contribution in [0.1, 0.15) is 53.7 Å². The fourth-order valence-electron chi connectivity index (χ4n) is 3.59. The van der Waals surface area contributed by atoms with E-state index in [0.29, 0.717) is 38.1 Å². The maximum atomic E-state index is 13.8. The van der Waals surface area contributed by atoms with Crippen molar-refractivity contribution >= 4 is 5.91 Å². The van der Waals surface area contributed by atoms with Gasteiger partial charge >= 0.3 is 12.4 Å². The van der Waals surface area contributed by atoms with Crippen LogP contribution in [0, 0.1) is 5.92 Å². The van der Waals surface area contributed by atoms with Crippen LogP contribution < -0.4 is 5.32 Å². The molecule has 158 valence electrons. The minimum Gasteiger partial charge on any atom is -0.339 e. The Labute approximate surface area is 160 Å². The highest BCUT2D eigenvalue weighted by Gasteiger charge is 2.44. The van der Waals surface area contributed by atoms with Crippen molar-refractivity contribution < 1.29 is 31.1 Å². The van der Waals surface area contributed by atoms with E-state index in [4.69, 9.17) is 0 Å². The molecule has 1 aromatic carbocycles. The molecule has 0 atom stereocenters. The van der Waals surface area contributed by atoms with Crippen molar-refractivity contribution in [2.45, 2.75) is 51.5 Å². The molecule has 2 rings (SSSR count). The average Bonchev–Trinajstić information content (AvgIpc) is 2.58. The minimum absolute atomic E-state index is 0.259. The summed E-state index contributed by atoms with van der Waals surface area (Å²) in [6, 6.07) is 0.997. The van der Waals surface area contributed by atoms with Crippen LogP contribution in [0.5, 0.6) is 0 Å². The average molecular weight is 410 g/mol. The quantitative estimate of drug-likeness (QED) is 0.727. The molecular weight excluding hydrogens is 386 g/mol. The Balaban J connectivity index is 2.61. The van der Waals surface area contributed by atoms with Gasteiger partial charge in [-0.15, -0.1) is 0 Å². The smallest absolute Gasteiger partial charge is 0.339 e. The molecule has 1 saturated heterocycles. The summed E-state index contributed by atoms with van der Waals surface area (Å²) in [6.07, 6.45) is -9.30. The lowest BCUT2D eigenvalue weighted by molar-refractivity contribution is -0.144. The van der Waals surface area contributed by atoms with E-state index in [9.17, 15) is 31.1 Å². The lowest BCUT2D eigenvalue weighted by Crippen LogP contribution is -2.44. The highest BCUT2D eigenvalue weighted by atomic mass is 19.4. The molecule has 28 heavy (non-hydrogen) atoms. The van der Waals surface area contributed by atoms with Crippen molar-refractivity contribution in [1.82, 2.24) is 10.2 Å². The summed E-state index contributed by atoms with van der Waals surface area (Å²) in [6.45, 7) is 4.33. The molecule has 1 N–H and O–H groups in total. The number of nitrogens with one attached hydrogen (secondary N) is 1. The zero-order chi connectivity index (χ0) is 21.3. The number of halogens is 6. The third-order valence-corrected chi connectivity index (χ3v) is 4.92. The molecule has 0 spiro atoms. The van der Waals surface area contributed by atoms with Crippen molar-refractivity contribution in [3.8, 4) is 0 Å². The van der Waals surface area contributed by atoms with Gasteiger partial charge in [0, 0.05) is 13.1 Å². The molecule has 1 amide bonds. The second-order valence-corrected chi connectivity index (χ2v) is 7.50. The Morgan fingerprint density at radius 3 is 2.14 bits per heavy atom. The van der Waals surface area contributed by atoms with E-state index in [1.807, 2.05) is 0 Å². The van der Waals surface area contributed by atoms with Crippen molar-refractivity contribution in [3.05, 3.63) is 34.4 Å². The van der Waals surface area contributed by atoms with Crippen molar-refractivity contribution in [1.29, 1.82) is 0 Å². The maximum absolute atomic E-state index is 13.8. The standard InChI is InChI=1S/C19H24F6N2O/c1-11(2)10-14-15(18(20,21)22)5-4-13(16(14)19(23,24)25)17(28)27(3)12-6-8-26-9-7-12/h4-5,11-12,26H,6-10H2,1-3H3. The number of carbonyl (C=O) groups excluding carboxylic acids is 1. The van der Waals surface area contributed by atoms with Crippen LogP contribution in [-0.4, -0.2) is 37.0 Å². The minimum atomic E-state index is -5.08. The van der Waals surface area contributed by atoms with E-state index in [1.54, 1.807) is 0 Å². The van der Waals surface area contributed by atoms with Gasteiger partial charge in [0.15, 0.2) is 0 Å². The first kappa shape index (κ1) is 22.5. The van der Waals surface area contributed by atoms with Gasteiger partial charge in [-0.05, 0) is 56.0 Å². The van der Waals surface area contributed by atoms with Crippen LogP contribution in [0.2, 0.25) is 0 Å². The second-order valence-electron chi connectivity index (χ2n) is 7.50. The number of carbonyl (C=O) groups is 1. The van der Waals surface area contributed by atoms with Crippen molar-refractivity contribution in [2.75, 3.05) is 20.1 Å². The molecular formula is C19H24F6N2O. The molecule has 0 unspecified atom stereocenters. The predicted molar refractivity (Wildman–Crippen MR) is 93.0 cm³/mol. The third kappa shape index (κ3) is 4.98. The van der Waals surface area contributed by atoms with Gasteiger partial charge in [-0.1, -0.05) is 13.8 Å². The largest absolute Gasteiger partial charge is 0.417 e. The molecule has 1 aliphatic heterocycles. The van der Waals surface area contributed by atoms with E-state index in [-0.39, 0.29) is 6.04 Å². The summed E-state index contributed by atoms with van der Waals surface area (Å²) in [5.41, 5.74) is -4.40. The Morgan fingerprint density at radius 1 is 1.11 bits per heavy atom. The zero-order valence-electron chi connectivity index (χ0n) is 16.0. The van der Waals surface area contributed by atoms with Crippen LogP contribution >= 0.6 is 0 Å². The van der Waals surface area contributed by atoms with Crippen molar-refractivity contribution in [3.63, 3.8) is 0 Å². The van der Waals surface area contributed by atoms with Crippen LogP contribution in [-0.2, 0) is 18.8 Å². The number of benzene rings is 1. The number of piperidine rings is 1. The Morgan fingerprint density at radius 2 is 1.68 bits per heavy atom. The molecule has 1 aromatic rings. The lowest BCUT2D eigenvalue weighted by atomic mass is 9.88. The number of amides is 1. The molecule has 0 radical (unpaired) electrons. The van der Waals surface area contributed by atoms with E-state index in [1.165, 1.54) is 25.8 Å². The van der Waals surface area contributed by atoms with Crippen LogP contribution in [0.25, 0.3) is 0 Å². The Kier molecular flexibility index (Phi) is 6.68. The Hall–Kier alpha value is -1.77. The van der Waals surface area contributed by atoms with Gasteiger partial charge < -0.3 is 10.2 Å². The highest BCUT2D eigenvalue weighted by molar-refractivity contribution is 5.96. The number of alkyl halides is 6. The number of rotatable bonds is 4. The molecule has 0 saturated carbocycles. The number of hydrogen-bond acceptors (Lipinski definition) is 2. The van der Waals surface area contributed by atoms with E-state index in [0.717, 1.165) is 0 Å². The van der Waals surface area contributed by atoms with Crippen LogP contribution in [0.4, 0.5) is 26.3 Å². The zero-order valence-corrected chi connectivity index (χ0v) is 16.0. The fourth-order valence-corrected chi connectivity index (χ4v) is 3.59. The van der Waals surface area contributed by atoms with E-state index >= 15 is 0 Å². The molecule has 1 heterocycles. The number of hydrogen-bond donors (Lipinski definition) is 1. The van der Waals surface area contributed by atoms with Gasteiger partial charge in [-0.2, -0.15) is 26.3 Å². The van der Waals surface area contributed by atoms with Gasteiger partial charge in [0.05, 0.1) is 16.7 Å². The normalized spacial score (nSPS) is 16.5. The van der Waals surface area contributed by atoms with Crippen LogP contribution in [0.15, 0.2) is 12.1 Å².